The molecule has 0 aromatic rings. The van der Waals surface area contributed by atoms with Crippen LogP contribution in [0.1, 0.15) is 72.1 Å². The van der Waals surface area contributed by atoms with Crippen molar-refractivity contribution in [2.45, 2.75) is 78.2 Å². The summed E-state index contributed by atoms with van der Waals surface area (Å²) in [5.74, 6) is 0.0660. The number of hydrogen-bond donors (Lipinski definition) is 1. The number of carbonyl (C=O) groups is 1. The third-order valence-corrected chi connectivity index (χ3v) is 5.19. The Morgan fingerprint density at radius 3 is 2.50 bits per heavy atom. The first kappa shape index (κ1) is 15.8. The Morgan fingerprint density at radius 2 is 1.95 bits per heavy atom. The third-order valence-electron chi connectivity index (χ3n) is 5.19. The summed E-state index contributed by atoms with van der Waals surface area (Å²) < 4.78 is 5.90. The molecule has 0 radical (unpaired) electrons. The fraction of sp³-hybridized carbons (Fsp3) is 0.941. The van der Waals surface area contributed by atoms with Gasteiger partial charge in [0.1, 0.15) is 6.10 Å². The van der Waals surface area contributed by atoms with E-state index in [0.29, 0.717) is 5.41 Å². The molecule has 2 aliphatic rings. The summed E-state index contributed by atoms with van der Waals surface area (Å²) in [7, 11) is 0. The summed E-state index contributed by atoms with van der Waals surface area (Å²) in [5.41, 5.74) is 0.177. The van der Waals surface area contributed by atoms with Crippen LogP contribution < -0.4 is 5.32 Å². The van der Waals surface area contributed by atoms with Crippen LogP contribution in [0.2, 0.25) is 0 Å². The SMILES string of the molecule is CCCC1(C(=O)OC2CCC(C)(C)CC2)CCCNC1. The predicted octanol–water partition coefficient (Wildman–Crippen LogP) is 3.67. The molecule has 2 rings (SSSR count). The van der Waals surface area contributed by atoms with Gasteiger partial charge in [0.2, 0.25) is 0 Å². The first-order valence-electron chi connectivity index (χ1n) is 8.39. The van der Waals surface area contributed by atoms with Gasteiger partial charge in [-0.1, -0.05) is 27.2 Å². The molecule has 2 fully saturated rings. The maximum Gasteiger partial charge on any atom is 0.313 e. The molecule has 1 aliphatic heterocycles. The highest BCUT2D eigenvalue weighted by molar-refractivity contribution is 5.77. The van der Waals surface area contributed by atoms with Crippen LogP contribution in [-0.2, 0) is 9.53 Å². The molecule has 1 N–H and O–H groups in total. The lowest BCUT2D eigenvalue weighted by Gasteiger charge is -2.39. The molecule has 1 heterocycles. The summed E-state index contributed by atoms with van der Waals surface area (Å²) in [4.78, 5) is 12.7. The zero-order valence-corrected chi connectivity index (χ0v) is 13.5. The molecule has 3 heteroatoms. The maximum absolute atomic E-state index is 12.7. The molecule has 3 nitrogen and oxygen atoms in total. The monoisotopic (exact) mass is 281 g/mol. The lowest BCUT2D eigenvalue weighted by molar-refractivity contribution is -0.166. The minimum atomic E-state index is -0.250. The van der Waals surface area contributed by atoms with E-state index < -0.39 is 0 Å². The van der Waals surface area contributed by atoms with Crippen LogP contribution in [0.3, 0.4) is 0 Å². The second-order valence-corrected chi connectivity index (χ2v) is 7.58. The lowest BCUT2D eigenvalue weighted by Crippen LogP contribution is -2.47. The van der Waals surface area contributed by atoms with Gasteiger partial charge in [-0.3, -0.25) is 4.79 Å². The first-order chi connectivity index (χ1) is 9.47. The van der Waals surface area contributed by atoms with Crippen molar-refractivity contribution in [3.8, 4) is 0 Å². The molecule has 0 amide bonds. The number of hydrogen-bond acceptors (Lipinski definition) is 3. The molecular weight excluding hydrogens is 250 g/mol. The van der Waals surface area contributed by atoms with Crippen molar-refractivity contribution in [3.05, 3.63) is 0 Å². The Labute approximate surface area is 123 Å². The molecule has 1 saturated heterocycles. The Morgan fingerprint density at radius 1 is 1.25 bits per heavy atom. The van der Waals surface area contributed by atoms with Crippen molar-refractivity contribution in [1.29, 1.82) is 0 Å². The molecule has 0 aromatic carbocycles. The van der Waals surface area contributed by atoms with Crippen LogP contribution in [0.4, 0.5) is 0 Å². The second kappa shape index (κ2) is 6.46. The van der Waals surface area contributed by atoms with Gasteiger partial charge in [0.25, 0.3) is 0 Å². The first-order valence-corrected chi connectivity index (χ1v) is 8.39. The smallest absolute Gasteiger partial charge is 0.313 e. The average Bonchev–Trinajstić information content (AvgIpc) is 2.42. The van der Waals surface area contributed by atoms with E-state index in [-0.39, 0.29) is 17.5 Å². The molecule has 1 atom stereocenters. The molecule has 0 spiro atoms. The standard InChI is InChI=1S/C17H31NO2/c1-4-8-17(9-5-12-18-13-17)15(19)20-14-6-10-16(2,3)11-7-14/h14,18H,4-13H2,1-3H3. The van der Waals surface area contributed by atoms with Crippen molar-refractivity contribution in [3.63, 3.8) is 0 Å². The summed E-state index contributed by atoms with van der Waals surface area (Å²) in [5, 5.41) is 3.39. The Balaban J connectivity index is 1.92. The van der Waals surface area contributed by atoms with Crippen molar-refractivity contribution < 1.29 is 9.53 Å². The van der Waals surface area contributed by atoms with Gasteiger partial charge in [0.05, 0.1) is 5.41 Å². The van der Waals surface area contributed by atoms with Crippen LogP contribution in [0.25, 0.3) is 0 Å². The Bertz CT molecular complexity index is 316. The van der Waals surface area contributed by atoms with Gasteiger partial charge in [-0.25, -0.2) is 0 Å². The van der Waals surface area contributed by atoms with E-state index >= 15 is 0 Å². The van der Waals surface area contributed by atoms with Gasteiger partial charge in [-0.2, -0.15) is 0 Å². The zero-order valence-electron chi connectivity index (χ0n) is 13.5. The average molecular weight is 281 g/mol. The van der Waals surface area contributed by atoms with E-state index in [1.165, 1.54) is 12.8 Å². The van der Waals surface area contributed by atoms with E-state index in [9.17, 15) is 4.79 Å². The quantitative estimate of drug-likeness (QED) is 0.799. The highest BCUT2D eigenvalue weighted by Crippen LogP contribution is 2.38. The number of rotatable bonds is 4. The van der Waals surface area contributed by atoms with E-state index in [1.54, 1.807) is 0 Å². The normalized spacial score (nSPS) is 30.9. The Hall–Kier alpha value is -0.570. The fourth-order valence-corrected chi connectivity index (χ4v) is 3.70. The highest BCUT2D eigenvalue weighted by atomic mass is 16.5. The van der Waals surface area contributed by atoms with Crippen LogP contribution in [0.5, 0.6) is 0 Å². The van der Waals surface area contributed by atoms with Gasteiger partial charge in [-0.15, -0.1) is 0 Å². The molecule has 0 aromatic heterocycles. The maximum atomic E-state index is 12.7. The summed E-state index contributed by atoms with van der Waals surface area (Å²) >= 11 is 0. The van der Waals surface area contributed by atoms with E-state index in [0.717, 1.165) is 51.6 Å². The summed E-state index contributed by atoms with van der Waals surface area (Å²) in [6.45, 7) is 8.63. The number of piperidine rings is 1. The van der Waals surface area contributed by atoms with Crippen LogP contribution >= 0.6 is 0 Å². The fourth-order valence-electron chi connectivity index (χ4n) is 3.70. The number of ether oxygens (including phenoxy) is 1. The van der Waals surface area contributed by atoms with E-state index in [2.05, 4.69) is 26.1 Å². The molecule has 1 unspecified atom stereocenters. The number of carbonyl (C=O) groups excluding carboxylic acids is 1. The van der Waals surface area contributed by atoms with Crippen molar-refractivity contribution >= 4 is 5.97 Å². The van der Waals surface area contributed by atoms with E-state index in [4.69, 9.17) is 4.74 Å². The van der Waals surface area contributed by atoms with Crippen molar-refractivity contribution in [2.24, 2.45) is 10.8 Å². The molecule has 116 valence electrons. The van der Waals surface area contributed by atoms with Crippen molar-refractivity contribution in [1.82, 2.24) is 5.32 Å². The topological polar surface area (TPSA) is 38.3 Å². The van der Waals surface area contributed by atoms with E-state index in [1.807, 2.05) is 0 Å². The molecule has 1 saturated carbocycles. The number of esters is 1. The van der Waals surface area contributed by atoms with Gasteiger partial charge in [0, 0.05) is 6.54 Å². The minimum Gasteiger partial charge on any atom is -0.462 e. The molecule has 0 bridgehead atoms. The van der Waals surface area contributed by atoms with Crippen LogP contribution in [0.15, 0.2) is 0 Å². The van der Waals surface area contributed by atoms with Gasteiger partial charge in [-0.05, 0) is 56.9 Å². The van der Waals surface area contributed by atoms with Gasteiger partial charge < -0.3 is 10.1 Å². The zero-order chi connectivity index (χ0) is 14.6. The lowest BCUT2D eigenvalue weighted by atomic mass is 9.75. The molecule has 20 heavy (non-hydrogen) atoms. The highest BCUT2D eigenvalue weighted by Gasteiger charge is 2.41. The Kier molecular flexibility index (Phi) is 5.11. The largest absolute Gasteiger partial charge is 0.462 e. The molecule has 1 aliphatic carbocycles. The minimum absolute atomic E-state index is 0.0660. The van der Waals surface area contributed by atoms with Crippen LogP contribution in [-0.4, -0.2) is 25.2 Å². The predicted molar refractivity (Wildman–Crippen MR) is 81.6 cm³/mol. The second-order valence-electron chi connectivity index (χ2n) is 7.58. The third kappa shape index (κ3) is 3.75. The van der Waals surface area contributed by atoms with Crippen molar-refractivity contribution in [2.75, 3.05) is 13.1 Å². The summed E-state index contributed by atoms with van der Waals surface area (Å²) in [6.07, 6.45) is 8.66. The summed E-state index contributed by atoms with van der Waals surface area (Å²) in [6, 6.07) is 0. The van der Waals surface area contributed by atoms with Gasteiger partial charge in [0.15, 0.2) is 0 Å². The number of nitrogens with one attached hydrogen (secondary N) is 1. The van der Waals surface area contributed by atoms with Gasteiger partial charge >= 0.3 is 5.97 Å². The van der Waals surface area contributed by atoms with Crippen LogP contribution in [0, 0.1) is 10.8 Å². The molecular formula is C17H31NO2.